The minimum atomic E-state index is -1.54. The van der Waals surface area contributed by atoms with Crippen LogP contribution in [0.4, 0.5) is 0 Å². The number of aliphatic imine (C=N–C) groups is 1. The molecule has 1 heterocycles. The molecule has 0 unspecified atom stereocenters. The molecule has 1 saturated heterocycles. The van der Waals surface area contributed by atoms with Gasteiger partial charge in [0.25, 0.3) is 0 Å². The maximum absolute atomic E-state index is 14.1. The third kappa shape index (κ3) is 12.5. The highest BCUT2D eigenvalue weighted by atomic mass is 32.1. The van der Waals surface area contributed by atoms with E-state index in [1.54, 1.807) is 44.2 Å². The lowest BCUT2D eigenvalue weighted by atomic mass is 9.97. The largest absolute Gasteiger partial charge is 0.480 e. The second-order valence-corrected chi connectivity index (χ2v) is 12.2. The van der Waals surface area contributed by atoms with Crippen molar-refractivity contribution in [3.05, 3.63) is 35.9 Å². The van der Waals surface area contributed by atoms with Gasteiger partial charge in [-0.05, 0) is 24.3 Å². The molecule has 1 aliphatic heterocycles. The summed E-state index contributed by atoms with van der Waals surface area (Å²) < 4.78 is 0. The van der Waals surface area contributed by atoms with E-state index in [1.807, 2.05) is 0 Å². The predicted octanol–water partition coefficient (Wildman–Crippen LogP) is -1.53. The molecule has 5 amide bonds. The molecule has 0 bridgehead atoms. The number of Topliss-reactive ketones (excluding diaryl/α,β-unsaturated/α-hetero) is 1. The summed E-state index contributed by atoms with van der Waals surface area (Å²) in [5.41, 5.74) is 11.5. The van der Waals surface area contributed by atoms with E-state index in [4.69, 9.17) is 11.5 Å². The molecular formula is C31H46N8O8S. The van der Waals surface area contributed by atoms with E-state index in [0.29, 0.717) is 12.0 Å². The number of benzene rings is 1. The average molecular weight is 691 g/mol. The Balaban J connectivity index is 2.53. The summed E-state index contributed by atoms with van der Waals surface area (Å²) in [7, 11) is 1.42. The number of carbonyl (C=O) groups is 7. The number of nitrogens with zero attached hydrogens (tertiary/aromatic N) is 2. The van der Waals surface area contributed by atoms with Crippen LogP contribution < -0.4 is 32.7 Å². The van der Waals surface area contributed by atoms with E-state index < -0.39 is 90.3 Å². The minimum Gasteiger partial charge on any atom is -0.480 e. The zero-order valence-electron chi connectivity index (χ0n) is 27.3. The number of aliphatic carboxylic acids is 1. The molecule has 0 aromatic heterocycles. The summed E-state index contributed by atoms with van der Waals surface area (Å²) in [6.45, 7) is 3.65. The molecular weight excluding hydrogens is 644 g/mol. The van der Waals surface area contributed by atoms with Gasteiger partial charge in [-0.3, -0.25) is 33.8 Å². The van der Waals surface area contributed by atoms with Crippen LogP contribution in [0.15, 0.2) is 35.3 Å². The van der Waals surface area contributed by atoms with Crippen LogP contribution >= 0.6 is 12.6 Å². The first-order valence-corrected chi connectivity index (χ1v) is 16.2. The number of likely N-dealkylation sites (N-methyl/N-ethyl adjacent to an activating group) is 1. The van der Waals surface area contributed by atoms with E-state index in [0.717, 1.165) is 0 Å². The number of thiol groups is 1. The van der Waals surface area contributed by atoms with Gasteiger partial charge >= 0.3 is 5.97 Å². The van der Waals surface area contributed by atoms with Crippen molar-refractivity contribution in [1.29, 1.82) is 0 Å². The Hall–Kier alpha value is -4.67. The SMILES string of the molecule is CC(C)[C@H]1C(=O)N[C@@H](CCCN=C(N)N)C(=O)CCC(=O)N[C@@H](CC(=O)N[C@H](CS)C(=O)O)C(=O)N[C@H](Cc2ccccc2)C(=O)N1C. The van der Waals surface area contributed by atoms with Gasteiger partial charge in [0.05, 0.1) is 12.5 Å². The van der Waals surface area contributed by atoms with Crippen molar-refractivity contribution < 1.29 is 38.7 Å². The second-order valence-electron chi connectivity index (χ2n) is 11.8. The monoisotopic (exact) mass is 690 g/mol. The van der Waals surface area contributed by atoms with Crippen molar-refractivity contribution in [2.24, 2.45) is 22.4 Å². The molecule has 9 N–H and O–H groups in total. The Kier molecular flexibility index (Phi) is 15.8. The fourth-order valence-electron chi connectivity index (χ4n) is 5.22. The quantitative estimate of drug-likeness (QED) is 0.0544. The van der Waals surface area contributed by atoms with Crippen molar-refractivity contribution in [2.45, 2.75) is 82.6 Å². The standard InChI is InChI=1S/C31H46N8O8S/c1-17(2)26-28(44)37-19(10-7-13-34-31(32)33)23(40)11-12-24(41)35-20(15-25(42)36-22(16-48)30(46)47)27(43)38-21(29(45)39(26)3)14-18-8-5-4-6-9-18/h4-6,8-9,17,19-22,26,48H,7,10-16H2,1-3H3,(H,35,41)(H,36,42)(H,37,44)(H,38,43)(H,46,47)(H4,32,33,34)/t19-,20-,21+,22+,26-/m0/s1. The summed E-state index contributed by atoms with van der Waals surface area (Å²) in [4.78, 5) is 97.2. The Labute approximate surface area is 284 Å². The smallest absolute Gasteiger partial charge is 0.327 e. The molecule has 16 nitrogen and oxygen atoms in total. The molecule has 17 heteroatoms. The van der Waals surface area contributed by atoms with Gasteiger partial charge in [-0.2, -0.15) is 12.6 Å². The number of rotatable bonds is 12. The predicted molar refractivity (Wildman–Crippen MR) is 180 cm³/mol. The Morgan fingerprint density at radius 3 is 2.23 bits per heavy atom. The number of nitrogens with two attached hydrogens (primary N) is 2. The van der Waals surface area contributed by atoms with Gasteiger partial charge in [-0.15, -0.1) is 0 Å². The minimum absolute atomic E-state index is 0.00168. The van der Waals surface area contributed by atoms with Gasteiger partial charge in [-0.25, -0.2) is 4.79 Å². The molecule has 0 radical (unpaired) electrons. The van der Waals surface area contributed by atoms with E-state index in [9.17, 15) is 38.7 Å². The number of guanidine groups is 1. The first-order chi connectivity index (χ1) is 22.6. The fourth-order valence-corrected chi connectivity index (χ4v) is 5.46. The number of amides is 5. The summed E-state index contributed by atoms with van der Waals surface area (Å²) in [6, 6.07) is 2.54. The highest BCUT2D eigenvalue weighted by Gasteiger charge is 2.37. The maximum Gasteiger partial charge on any atom is 0.327 e. The summed E-state index contributed by atoms with van der Waals surface area (Å²) >= 11 is 3.93. The Morgan fingerprint density at radius 2 is 1.65 bits per heavy atom. The summed E-state index contributed by atoms with van der Waals surface area (Å²) in [6.07, 6.45) is -0.924. The zero-order valence-corrected chi connectivity index (χ0v) is 28.2. The van der Waals surface area contributed by atoms with Crippen molar-refractivity contribution in [2.75, 3.05) is 19.3 Å². The van der Waals surface area contributed by atoms with Crippen LogP contribution in [0.2, 0.25) is 0 Å². The highest BCUT2D eigenvalue weighted by molar-refractivity contribution is 7.80. The lowest BCUT2D eigenvalue weighted by molar-refractivity contribution is -0.144. The van der Waals surface area contributed by atoms with Crippen molar-refractivity contribution in [3.8, 4) is 0 Å². The number of hydrogen-bond donors (Lipinski definition) is 8. The first kappa shape index (κ1) is 39.5. The van der Waals surface area contributed by atoms with Crippen molar-refractivity contribution in [1.82, 2.24) is 26.2 Å². The van der Waals surface area contributed by atoms with Crippen LogP contribution in [0.3, 0.4) is 0 Å². The molecule has 0 saturated carbocycles. The zero-order chi connectivity index (χ0) is 36.0. The van der Waals surface area contributed by atoms with Crippen molar-refractivity contribution >= 4 is 59.9 Å². The summed E-state index contributed by atoms with van der Waals surface area (Å²) in [5.74, 6) is -6.38. The third-order valence-electron chi connectivity index (χ3n) is 7.67. The van der Waals surface area contributed by atoms with Crippen LogP contribution in [0.5, 0.6) is 0 Å². The van der Waals surface area contributed by atoms with E-state index >= 15 is 0 Å². The third-order valence-corrected chi connectivity index (χ3v) is 8.03. The molecule has 0 aliphatic carbocycles. The maximum atomic E-state index is 14.1. The Morgan fingerprint density at radius 1 is 1.00 bits per heavy atom. The van der Waals surface area contributed by atoms with Crippen LogP contribution in [-0.2, 0) is 40.0 Å². The Bertz CT molecular complexity index is 1360. The molecule has 0 spiro atoms. The molecule has 48 heavy (non-hydrogen) atoms. The summed E-state index contributed by atoms with van der Waals surface area (Å²) in [5, 5.41) is 19.4. The fraction of sp³-hybridized carbons (Fsp3) is 0.548. The van der Waals surface area contributed by atoms with Gasteiger partial charge in [0, 0.05) is 38.6 Å². The molecule has 2 rings (SSSR count). The van der Waals surface area contributed by atoms with Gasteiger partial charge in [0.1, 0.15) is 24.2 Å². The number of ketones is 1. The number of nitrogens with one attached hydrogen (secondary N) is 4. The van der Waals surface area contributed by atoms with Crippen LogP contribution in [0.1, 0.15) is 51.5 Å². The number of hydrogen-bond acceptors (Lipinski definition) is 9. The lowest BCUT2D eigenvalue weighted by Crippen LogP contribution is -2.59. The number of carboxylic acids is 1. The molecule has 264 valence electrons. The molecule has 5 atom stereocenters. The average Bonchev–Trinajstić information content (AvgIpc) is 3.02. The van der Waals surface area contributed by atoms with Crippen LogP contribution in [0, 0.1) is 5.92 Å². The van der Waals surface area contributed by atoms with Crippen LogP contribution in [-0.4, -0.2) is 107 Å². The lowest BCUT2D eigenvalue weighted by Gasteiger charge is -2.34. The normalized spacial score (nSPS) is 22.0. The van der Waals surface area contributed by atoms with Gasteiger partial charge in [-0.1, -0.05) is 44.2 Å². The van der Waals surface area contributed by atoms with E-state index in [1.165, 1.54) is 11.9 Å². The number of carbonyl (C=O) groups excluding carboxylic acids is 6. The molecule has 1 fully saturated rings. The van der Waals surface area contributed by atoms with Gasteiger partial charge in [0.2, 0.25) is 29.5 Å². The van der Waals surface area contributed by atoms with E-state index in [-0.39, 0.29) is 37.5 Å². The number of carboxylic acid groups (broad SMARTS) is 1. The second kappa shape index (κ2) is 19.2. The van der Waals surface area contributed by atoms with Crippen molar-refractivity contribution in [3.63, 3.8) is 0 Å². The molecule has 1 aliphatic rings. The van der Waals surface area contributed by atoms with Gasteiger partial charge < -0.3 is 42.7 Å². The highest BCUT2D eigenvalue weighted by Crippen LogP contribution is 2.16. The van der Waals surface area contributed by atoms with Crippen LogP contribution in [0.25, 0.3) is 0 Å². The molecule has 1 aromatic carbocycles. The topological polar surface area (TPSA) is 255 Å². The van der Waals surface area contributed by atoms with E-state index in [2.05, 4.69) is 38.9 Å². The van der Waals surface area contributed by atoms with Gasteiger partial charge in [0.15, 0.2) is 11.7 Å². The first-order valence-electron chi connectivity index (χ1n) is 15.6. The molecule has 1 aromatic rings.